The van der Waals surface area contributed by atoms with Crippen molar-refractivity contribution in [1.82, 2.24) is 15.2 Å². The van der Waals surface area contributed by atoms with Crippen LogP contribution in [0, 0.1) is 6.33 Å². The van der Waals surface area contributed by atoms with Gasteiger partial charge >= 0.3 is 6.33 Å². The zero-order valence-corrected chi connectivity index (χ0v) is 11.9. The van der Waals surface area contributed by atoms with E-state index in [-0.39, 0.29) is 0 Å². The number of nitrogens with one attached hydrogen (secondary N) is 1. The summed E-state index contributed by atoms with van der Waals surface area (Å²) in [4.78, 5) is 9.50. The van der Waals surface area contributed by atoms with Crippen molar-refractivity contribution in [3.63, 3.8) is 0 Å². The van der Waals surface area contributed by atoms with Crippen molar-refractivity contribution in [3.8, 4) is 0 Å². The van der Waals surface area contributed by atoms with Gasteiger partial charge in [0.25, 0.3) is 0 Å². The molecule has 0 unspecified atom stereocenters. The standard InChI is InChI=1S/C7H18N2.C4H3N2.C2H6/c1-4-9(5-2)7-6-8-3;1-2-5-4-6-3-1;1-2/h8H,4-7H2,1-3H3;1-3H;1-2H3/q;+1;. The number of aromatic nitrogens is 2. The molecule has 0 saturated carbocycles. The molecule has 17 heavy (non-hydrogen) atoms. The molecule has 4 nitrogen and oxygen atoms in total. The fourth-order valence-corrected chi connectivity index (χ4v) is 1.03. The summed E-state index contributed by atoms with van der Waals surface area (Å²) in [7, 11) is 1.99. The van der Waals surface area contributed by atoms with Crippen LogP contribution in [0.5, 0.6) is 0 Å². The van der Waals surface area contributed by atoms with E-state index in [1.807, 2.05) is 20.9 Å². The van der Waals surface area contributed by atoms with Crippen LogP contribution in [0.3, 0.4) is 0 Å². The third kappa shape index (κ3) is 14.8. The molecule has 4 heteroatoms. The Kier molecular flexibility index (Phi) is 18.4. The Morgan fingerprint density at radius 1 is 1.29 bits per heavy atom. The van der Waals surface area contributed by atoms with Gasteiger partial charge in [0.05, 0.1) is 0 Å². The van der Waals surface area contributed by atoms with Gasteiger partial charge in [0.1, 0.15) is 0 Å². The SMILES string of the molecule is CC.CCN(CC)CCNC.c1nccc[n+]#1. The lowest BCUT2D eigenvalue weighted by atomic mass is 10.5. The van der Waals surface area contributed by atoms with E-state index in [9.17, 15) is 0 Å². The molecule has 0 bridgehead atoms. The minimum Gasteiger partial charge on any atom is -0.318 e. The van der Waals surface area contributed by atoms with E-state index >= 15 is 0 Å². The van der Waals surface area contributed by atoms with Crippen molar-refractivity contribution < 1.29 is 4.98 Å². The summed E-state index contributed by atoms with van der Waals surface area (Å²) in [6.07, 6.45) is 5.66. The summed E-state index contributed by atoms with van der Waals surface area (Å²) in [6.45, 7) is 13.0. The smallest absolute Gasteiger partial charge is 0.318 e. The number of hydrogen-bond donors (Lipinski definition) is 1. The Morgan fingerprint density at radius 3 is 2.18 bits per heavy atom. The Bertz CT molecular complexity index is 173. The van der Waals surface area contributed by atoms with Crippen LogP contribution in [0.25, 0.3) is 0 Å². The highest BCUT2D eigenvalue weighted by Crippen LogP contribution is 1.82. The predicted molar refractivity (Wildman–Crippen MR) is 71.7 cm³/mol. The number of rotatable bonds is 5. The van der Waals surface area contributed by atoms with E-state index < -0.39 is 0 Å². The Labute approximate surface area is 106 Å². The molecule has 0 aliphatic heterocycles. The summed E-state index contributed by atoms with van der Waals surface area (Å²) in [5.41, 5.74) is 0. The second-order valence-corrected chi connectivity index (χ2v) is 2.98. The summed E-state index contributed by atoms with van der Waals surface area (Å²) < 4.78 is 0. The lowest BCUT2D eigenvalue weighted by molar-refractivity contribution is -0.297. The second kappa shape index (κ2) is 17.2. The first-order valence-electron chi connectivity index (χ1n) is 6.35. The van der Waals surface area contributed by atoms with Crippen molar-refractivity contribution in [2.45, 2.75) is 27.7 Å². The van der Waals surface area contributed by atoms with Gasteiger partial charge in [-0.1, -0.05) is 27.7 Å². The highest BCUT2D eigenvalue weighted by Gasteiger charge is 1.94. The van der Waals surface area contributed by atoms with Crippen molar-refractivity contribution in [3.05, 3.63) is 24.8 Å². The summed E-state index contributed by atoms with van der Waals surface area (Å²) in [5, 5.41) is 3.13. The lowest BCUT2D eigenvalue weighted by Crippen LogP contribution is -2.30. The Morgan fingerprint density at radius 2 is 1.94 bits per heavy atom. The normalized spacial score (nSPS) is 8.35. The summed E-state index contributed by atoms with van der Waals surface area (Å²) in [6, 6.07) is 1.75. The average molecular weight is 239 g/mol. The Hall–Kier alpha value is -1.18. The minimum absolute atomic E-state index is 1.10. The van der Waals surface area contributed by atoms with Gasteiger partial charge in [-0.05, 0) is 20.1 Å². The zero-order valence-electron chi connectivity index (χ0n) is 11.9. The molecule has 0 aliphatic carbocycles. The van der Waals surface area contributed by atoms with Gasteiger partial charge in [0.2, 0.25) is 6.20 Å². The highest BCUT2D eigenvalue weighted by atomic mass is 15.1. The molecule has 0 aromatic carbocycles. The number of hydrogen-bond acceptors (Lipinski definition) is 3. The van der Waals surface area contributed by atoms with E-state index in [0.717, 1.165) is 19.6 Å². The molecule has 1 heterocycles. The van der Waals surface area contributed by atoms with Crippen LogP contribution in [0.2, 0.25) is 0 Å². The third-order valence-electron chi connectivity index (χ3n) is 2.01. The van der Waals surface area contributed by atoms with E-state index in [1.54, 1.807) is 18.5 Å². The van der Waals surface area contributed by atoms with Gasteiger partial charge in [0.15, 0.2) is 6.20 Å². The van der Waals surface area contributed by atoms with Gasteiger partial charge < -0.3 is 10.2 Å². The molecular formula is C13H27N4+. The molecule has 0 amide bonds. The van der Waals surface area contributed by atoms with Gasteiger partial charge in [-0.25, -0.2) is 0 Å². The topological polar surface area (TPSA) is 42.3 Å². The van der Waals surface area contributed by atoms with E-state index in [2.05, 4.69) is 40.4 Å². The monoisotopic (exact) mass is 239 g/mol. The fourth-order valence-electron chi connectivity index (χ4n) is 1.03. The first-order chi connectivity index (χ1) is 8.35. The van der Waals surface area contributed by atoms with Crippen LogP contribution >= 0.6 is 0 Å². The zero-order chi connectivity index (χ0) is 13.4. The third-order valence-corrected chi connectivity index (χ3v) is 2.01. The number of likely N-dealkylation sites (N-methyl/N-ethyl adjacent to an activating group) is 2. The average Bonchev–Trinajstić information content (AvgIpc) is 2.45. The predicted octanol–water partition coefficient (Wildman–Crippen LogP) is 1.06. The minimum atomic E-state index is 1.10. The van der Waals surface area contributed by atoms with Crippen LogP contribution in [0.15, 0.2) is 18.5 Å². The van der Waals surface area contributed by atoms with Crippen LogP contribution in [0.4, 0.5) is 0 Å². The van der Waals surface area contributed by atoms with Crippen LogP contribution in [0.1, 0.15) is 27.7 Å². The first kappa shape index (κ1) is 18.2. The highest BCUT2D eigenvalue weighted by molar-refractivity contribution is 4.66. The molecule has 0 aliphatic rings. The molecular weight excluding hydrogens is 212 g/mol. The van der Waals surface area contributed by atoms with Crippen molar-refractivity contribution in [2.24, 2.45) is 0 Å². The molecule has 1 aromatic rings. The summed E-state index contributed by atoms with van der Waals surface area (Å²) in [5.74, 6) is 0. The molecule has 1 aromatic heterocycles. The largest absolute Gasteiger partial charge is 0.428 e. The quantitative estimate of drug-likeness (QED) is 0.834. The maximum atomic E-state index is 3.55. The van der Waals surface area contributed by atoms with Gasteiger partial charge in [-0.2, -0.15) is 4.98 Å². The van der Waals surface area contributed by atoms with E-state index in [4.69, 9.17) is 0 Å². The molecule has 0 radical (unpaired) electrons. The second-order valence-electron chi connectivity index (χ2n) is 2.98. The van der Waals surface area contributed by atoms with Crippen LogP contribution in [-0.2, 0) is 0 Å². The molecule has 98 valence electrons. The molecule has 0 spiro atoms. The molecule has 0 atom stereocenters. The van der Waals surface area contributed by atoms with E-state index in [0.29, 0.717) is 0 Å². The molecule has 1 N–H and O–H groups in total. The van der Waals surface area contributed by atoms with Gasteiger partial charge in [-0.15, -0.1) is 0 Å². The maximum Gasteiger partial charge on any atom is 0.428 e. The molecule has 0 fully saturated rings. The Balaban J connectivity index is 0. The van der Waals surface area contributed by atoms with Crippen molar-refractivity contribution >= 4 is 0 Å². The lowest BCUT2D eigenvalue weighted by Gasteiger charge is -2.16. The first-order valence-corrected chi connectivity index (χ1v) is 6.35. The van der Waals surface area contributed by atoms with Crippen LogP contribution < -0.4 is 10.3 Å². The van der Waals surface area contributed by atoms with Crippen LogP contribution in [-0.4, -0.2) is 43.1 Å². The van der Waals surface area contributed by atoms with Crippen molar-refractivity contribution in [1.29, 1.82) is 0 Å². The van der Waals surface area contributed by atoms with Gasteiger partial charge in [-0.3, -0.25) is 0 Å². The fraction of sp³-hybridized carbons (Fsp3) is 0.692. The summed E-state index contributed by atoms with van der Waals surface area (Å²) >= 11 is 0. The number of nitrogens with zero attached hydrogens (tertiary/aromatic N) is 3. The van der Waals surface area contributed by atoms with Crippen molar-refractivity contribution in [2.75, 3.05) is 33.2 Å². The van der Waals surface area contributed by atoms with Gasteiger partial charge in [0, 0.05) is 24.1 Å². The molecule has 1 rings (SSSR count). The molecule has 0 saturated heterocycles. The maximum absolute atomic E-state index is 3.55. The van der Waals surface area contributed by atoms with E-state index in [1.165, 1.54) is 6.54 Å².